The second-order valence-corrected chi connectivity index (χ2v) is 7.72. The number of rotatable bonds is 6. The second-order valence-electron chi connectivity index (χ2n) is 7.28. The summed E-state index contributed by atoms with van der Waals surface area (Å²) in [5.74, 6) is 0.522. The molecule has 0 aromatic heterocycles. The molecule has 0 unspecified atom stereocenters. The Balaban J connectivity index is 1.32. The van der Waals surface area contributed by atoms with Gasteiger partial charge in [-0.2, -0.15) is 0 Å². The fourth-order valence-electron chi connectivity index (χ4n) is 3.47. The van der Waals surface area contributed by atoms with Gasteiger partial charge in [-0.3, -0.25) is 9.69 Å². The van der Waals surface area contributed by atoms with Crippen LogP contribution in [0.3, 0.4) is 0 Å². The number of benzene rings is 1. The third-order valence-electron chi connectivity index (χ3n) is 5.32. The van der Waals surface area contributed by atoms with Crippen molar-refractivity contribution in [2.45, 2.75) is 18.9 Å². The summed E-state index contributed by atoms with van der Waals surface area (Å²) in [6.07, 6.45) is 2.73. The molecule has 1 atom stereocenters. The van der Waals surface area contributed by atoms with Crippen molar-refractivity contribution in [2.75, 3.05) is 49.1 Å². The molecule has 3 fully saturated rings. The third-order valence-corrected chi connectivity index (χ3v) is 5.79. The van der Waals surface area contributed by atoms with E-state index in [1.807, 2.05) is 24.3 Å². The Kier molecular flexibility index (Phi) is 5.15. The van der Waals surface area contributed by atoms with Crippen LogP contribution in [0.25, 0.3) is 0 Å². The van der Waals surface area contributed by atoms with Gasteiger partial charge in [-0.15, -0.1) is 0 Å². The van der Waals surface area contributed by atoms with Gasteiger partial charge in [0.1, 0.15) is 6.10 Å². The van der Waals surface area contributed by atoms with E-state index in [0.29, 0.717) is 19.0 Å². The first-order valence-electron chi connectivity index (χ1n) is 9.44. The molecule has 2 aliphatic heterocycles. The molecule has 144 valence electrons. The average molecular weight is 388 g/mol. The zero-order valence-corrected chi connectivity index (χ0v) is 16.0. The van der Waals surface area contributed by atoms with Crippen molar-refractivity contribution in [3.63, 3.8) is 0 Å². The predicted molar refractivity (Wildman–Crippen MR) is 107 cm³/mol. The van der Waals surface area contributed by atoms with Crippen molar-refractivity contribution in [2.24, 2.45) is 5.92 Å². The highest BCUT2D eigenvalue weighted by Gasteiger charge is 2.33. The number of thiocarbonyl (C=S) groups is 1. The standard InChI is InChI=1S/C19H24N4O3S/c24-13-21-7-9-22(10-8-21)15-3-5-16(6-4-15)23-12-17(26-19(23)25)11-20-18(27)14-1-2-14/h3-6,13-14,17H,1-2,7-12H2,(H,20,27)/t17-/m0/s1. The minimum Gasteiger partial charge on any atom is -0.442 e. The van der Waals surface area contributed by atoms with Crippen LogP contribution in [-0.2, 0) is 9.53 Å². The maximum atomic E-state index is 12.2. The minimum absolute atomic E-state index is 0.190. The smallest absolute Gasteiger partial charge is 0.414 e. The van der Waals surface area contributed by atoms with Gasteiger partial charge < -0.3 is 19.9 Å². The number of ether oxygens (including phenoxy) is 1. The van der Waals surface area contributed by atoms with E-state index in [1.165, 1.54) is 12.8 Å². The van der Waals surface area contributed by atoms with E-state index in [-0.39, 0.29) is 12.2 Å². The van der Waals surface area contributed by atoms with E-state index in [9.17, 15) is 9.59 Å². The van der Waals surface area contributed by atoms with Crippen molar-refractivity contribution in [1.82, 2.24) is 10.2 Å². The highest BCUT2D eigenvalue weighted by Crippen LogP contribution is 2.30. The quantitative estimate of drug-likeness (QED) is 0.590. The molecule has 0 spiro atoms. The Morgan fingerprint density at radius 3 is 2.44 bits per heavy atom. The zero-order valence-electron chi connectivity index (χ0n) is 15.2. The number of piperazine rings is 1. The first kappa shape index (κ1) is 18.0. The van der Waals surface area contributed by atoms with Crippen molar-refractivity contribution < 1.29 is 14.3 Å². The number of carbonyl (C=O) groups excluding carboxylic acids is 2. The van der Waals surface area contributed by atoms with Crippen LogP contribution in [0.4, 0.5) is 16.2 Å². The molecule has 1 aliphatic carbocycles. The Morgan fingerprint density at radius 2 is 1.81 bits per heavy atom. The highest BCUT2D eigenvalue weighted by molar-refractivity contribution is 7.80. The first-order valence-corrected chi connectivity index (χ1v) is 9.85. The van der Waals surface area contributed by atoms with Crippen LogP contribution in [0.5, 0.6) is 0 Å². The molecule has 2 amide bonds. The van der Waals surface area contributed by atoms with Gasteiger partial charge in [0.05, 0.1) is 18.1 Å². The van der Waals surface area contributed by atoms with Gasteiger partial charge in [-0.1, -0.05) is 12.2 Å². The summed E-state index contributed by atoms with van der Waals surface area (Å²) in [6.45, 7) is 4.20. The average Bonchev–Trinajstić information content (AvgIpc) is 3.49. The van der Waals surface area contributed by atoms with Gasteiger partial charge in [-0.25, -0.2) is 4.79 Å². The molecule has 1 N–H and O–H groups in total. The topological polar surface area (TPSA) is 65.1 Å². The minimum atomic E-state index is -0.313. The van der Waals surface area contributed by atoms with E-state index in [0.717, 1.165) is 49.0 Å². The number of cyclic esters (lactones) is 1. The lowest BCUT2D eigenvalue weighted by atomic mass is 10.2. The first-order chi connectivity index (χ1) is 13.1. The van der Waals surface area contributed by atoms with Gasteiger partial charge in [-0.05, 0) is 37.1 Å². The predicted octanol–water partition coefficient (Wildman–Crippen LogP) is 1.62. The Labute approximate surface area is 164 Å². The Morgan fingerprint density at radius 1 is 1.15 bits per heavy atom. The Bertz CT molecular complexity index is 714. The normalized spacial score (nSPS) is 22.6. The van der Waals surface area contributed by atoms with Gasteiger partial charge in [0.25, 0.3) is 0 Å². The summed E-state index contributed by atoms with van der Waals surface area (Å²) in [5.41, 5.74) is 1.94. The molecule has 0 bridgehead atoms. The van der Waals surface area contributed by atoms with Crippen molar-refractivity contribution >= 4 is 41.1 Å². The zero-order chi connectivity index (χ0) is 18.8. The highest BCUT2D eigenvalue weighted by atomic mass is 32.1. The second kappa shape index (κ2) is 7.72. The van der Waals surface area contributed by atoms with Crippen LogP contribution in [0, 0.1) is 5.92 Å². The summed E-state index contributed by atoms with van der Waals surface area (Å²) in [5, 5.41) is 3.23. The monoisotopic (exact) mass is 388 g/mol. The molecule has 7 nitrogen and oxygen atoms in total. The van der Waals surface area contributed by atoms with Gasteiger partial charge in [0.2, 0.25) is 6.41 Å². The lowest BCUT2D eigenvalue weighted by Gasteiger charge is -2.34. The van der Waals surface area contributed by atoms with Crippen LogP contribution < -0.4 is 15.1 Å². The van der Waals surface area contributed by atoms with Gasteiger partial charge >= 0.3 is 6.09 Å². The molecular formula is C19H24N4O3S. The van der Waals surface area contributed by atoms with Crippen LogP contribution in [0.1, 0.15) is 12.8 Å². The number of amides is 2. The number of carbonyl (C=O) groups is 2. The van der Waals surface area contributed by atoms with Crippen molar-refractivity contribution in [3.05, 3.63) is 24.3 Å². The molecule has 0 radical (unpaired) electrons. The molecule has 1 aromatic carbocycles. The molecule has 2 heterocycles. The van der Waals surface area contributed by atoms with E-state index >= 15 is 0 Å². The SMILES string of the molecule is O=CN1CCN(c2ccc(N3C[C@H](CNC(=S)C4CC4)OC3=O)cc2)CC1. The largest absolute Gasteiger partial charge is 0.442 e. The lowest BCUT2D eigenvalue weighted by Crippen LogP contribution is -2.45. The molecule has 2 saturated heterocycles. The van der Waals surface area contributed by atoms with Crippen LogP contribution in [-0.4, -0.2) is 67.8 Å². The van der Waals surface area contributed by atoms with Crippen LogP contribution in [0.2, 0.25) is 0 Å². The number of hydrogen-bond donors (Lipinski definition) is 1. The molecule has 8 heteroatoms. The Hall–Kier alpha value is -2.35. The molecule has 1 aromatic rings. The van der Waals surface area contributed by atoms with Crippen molar-refractivity contribution in [3.8, 4) is 0 Å². The number of anilines is 2. The summed E-state index contributed by atoms with van der Waals surface area (Å²) in [4.78, 5) is 29.6. The summed E-state index contributed by atoms with van der Waals surface area (Å²) in [7, 11) is 0. The fraction of sp³-hybridized carbons (Fsp3) is 0.526. The van der Waals surface area contributed by atoms with E-state index < -0.39 is 0 Å². The van der Waals surface area contributed by atoms with E-state index in [4.69, 9.17) is 17.0 Å². The van der Waals surface area contributed by atoms with Gasteiger partial charge in [0, 0.05) is 43.5 Å². The molecule has 3 aliphatic rings. The molecule has 1 saturated carbocycles. The summed E-state index contributed by atoms with van der Waals surface area (Å²) >= 11 is 5.33. The maximum absolute atomic E-state index is 12.2. The number of hydrogen-bond acceptors (Lipinski definition) is 5. The summed E-state index contributed by atoms with van der Waals surface area (Å²) in [6, 6.07) is 7.95. The van der Waals surface area contributed by atoms with Crippen molar-refractivity contribution in [1.29, 1.82) is 0 Å². The maximum Gasteiger partial charge on any atom is 0.414 e. The molecule has 27 heavy (non-hydrogen) atoms. The lowest BCUT2D eigenvalue weighted by molar-refractivity contribution is -0.118. The molecular weight excluding hydrogens is 364 g/mol. The van der Waals surface area contributed by atoms with E-state index in [1.54, 1.807) is 9.80 Å². The number of nitrogens with one attached hydrogen (secondary N) is 1. The number of nitrogens with zero attached hydrogens (tertiary/aromatic N) is 3. The van der Waals surface area contributed by atoms with E-state index in [2.05, 4.69) is 10.2 Å². The van der Waals surface area contributed by atoms with Crippen LogP contribution >= 0.6 is 12.2 Å². The van der Waals surface area contributed by atoms with Gasteiger partial charge in [0.15, 0.2) is 0 Å². The van der Waals surface area contributed by atoms with Crippen LogP contribution in [0.15, 0.2) is 24.3 Å². The fourth-order valence-corrected chi connectivity index (χ4v) is 3.79. The third kappa shape index (κ3) is 4.16. The molecule has 4 rings (SSSR count). The summed E-state index contributed by atoms with van der Waals surface area (Å²) < 4.78 is 5.47.